The van der Waals surface area contributed by atoms with E-state index in [2.05, 4.69) is 20.3 Å². The Morgan fingerprint density at radius 3 is 2.48 bits per heavy atom. The lowest BCUT2D eigenvalue weighted by Crippen LogP contribution is -2.22. The van der Waals surface area contributed by atoms with E-state index < -0.39 is 35.2 Å². The zero-order valence-electron chi connectivity index (χ0n) is 12.1. The molecule has 0 radical (unpaired) electrons. The van der Waals surface area contributed by atoms with E-state index in [1.807, 2.05) is 0 Å². The van der Waals surface area contributed by atoms with Crippen molar-refractivity contribution >= 4 is 11.6 Å². The molecule has 5 nitrogen and oxygen atoms in total. The van der Waals surface area contributed by atoms with Crippen molar-refractivity contribution in [2.75, 3.05) is 5.32 Å². The summed E-state index contributed by atoms with van der Waals surface area (Å²) in [6, 6.07) is 0.967. The van der Waals surface area contributed by atoms with Gasteiger partial charge >= 0.3 is 6.18 Å². The highest BCUT2D eigenvalue weighted by molar-refractivity contribution is 5.92. The van der Waals surface area contributed by atoms with Gasteiger partial charge in [-0.25, -0.2) is 14.4 Å². The van der Waals surface area contributed by atoms with E-state index >= 15 is 0 Å². The van der Waals surface area contributed by atoms with E-state index in [9.17, 15) is 22.4 Å². The minimum atomic E-state index is -4.81. The Labute approximate surface area is 128 Å². The summed E-state index contributed by atoms with van der Waals surface area (Å²) in [7, 11) is 0. The molecule has 2 rings (SSSR count). The molecule has 0 aliphatic rings. The van der Waals surface area contributed by atoms with Gasteiger partial charge in [-0.05, 0) is 6.07 Å². The van der Waals surface area contributed by atoms with Gasteiger partial charge in [0.05, 0.1) is 18.1 Å². The topological polar surface area (TPSA) is 67.8 Å². The van der Waals surface area contributed by atoms with E-state index in [4.69, 9.17) is 0 Å². The number of pyridine rings is 1. The van der Waals surface area contributed by atoms with Crippen LogP contribution in [-0.2, 0) is 11.0 Å². The van der Waals surface area contributed by atoms with Crippen LogP contribution in [0.5, 0.6) is 0 Å². The van der Waals surface area contributed by atoms with Gasteiger partial charge in [-0.3, -0.25) is 9.78 Å². The summed E-state index contributed by atoms with van der Waals surface area (Å²) in [4.78, 5) is 22.3. The maximum atomic E-state index is 13.1. The highest BCUT2D eigenvalue weighted by Crippen LogP contribution is 2.34. The van der Waals surface area contributed by atoms with Gasteiger partial charge in [0, 0.05) is 17.7 Å². The molecule has 0 unspecified atom stereocenters. The summed E-state index contributed by atoms with van der Waals surface area (Å²) >= 11 is 0. The van der Waals surface area contributed by atoms with Crippen molar-refractivity contribution in [3.8, 4) is 11.4 Å². The number of halogens is 4. The van der Waals surface area contributed by atoms with E-state index in [0.717, 1.165) is 24.7 Å². The van der Waals surface area contributed by atoms with Crippen LogP contribution >= 0.6 is 0 Å². The maximum Gasteiger partial charge on any atom is 0.435 e. The molecule has 0 bridgehead atoms. The first-order valence-electron chi connectivity index (χ1n) is 6.54. The average molecular weight is 328 g/mol. The van der Waals surface area contributed by atoms with E-state index in [-0.39, 0.29) is 11.4 Å². The Kier molecular flexibility index (Phi) is 4.57. The summed E-state index contributed by atoms with van der Waals surface area (Å²) in [5.74, 6) is -2.17. The van der Waals surface area contributed by atoms with Crippen molar-refractivity contribution < 1.29 is 22.4 Å². The van der Waals surface area contributed by atoms with Gasteiger partial charge in [0.15, 0.2) is 11.5 Å². The molecule has 0 saturated heterocycles. The fourth-order valence-corrected chi connectivity index (χ4v) is 1.64. The molecule has 0 aliphatic heterocycles. The summed E-state index contributed by atoms with van der Waals surface area (Å²) in [5.41, 5.74) is -1.86. The van der Waals surface area contributed by atoms with Crippen LogP contribution in [0.4, 0.5) is 23.2 Å². The van der Waals surface area contributed by atoms with Crippen molar-refractivity contribution in [3.63, 3.8) is 0 Å². The number of hydrogen-bond acceptors (Lipinski definition) is 4. The number of carbonyl (C=O) groups excluding carboxylic acids is 1. The Morgan fingerprint density at radius 1 is 1.22 bits per heavy atom. The fourth-order valence-electron chi connectivity index (χ4n) is 1.64. The first-order chi connectivity index (χ1) is 10.7. The number of nitrogens with zero attached hydrogens (tertiary/aromatic N) is 3. The number of amides is 1. The number of alkyl halides is 3. The predicted octanol–water partition coefficient (Wildman–Crippen LogP) is 3.29. The number of nitrogens with one attached hydrogen (secondary N) is 1. The third-order valence-corrected chi connectivity index (χ3v) is 2.80. The van der Waals surface area contributed by atoms with Crippen molar-refractivity contribution in [2.24, 2.45) is 5.92 Å². The van der Waals surface area contributed by atoms with Gasteiger partial charge in [0.25, 0.3) is 0 Å². The Balaban J connectivity index is 2.48. The normalized spacial score (nSPS) is 11.6. The van der Waals surface area contributed by atoms with Gasteiger partial charge in [0.2, 0.25) is 5.91 Å². The van der Waals surface area contributed by atoms with Gasteiger partial charge < -0.3 is 5.32 Å². The van der Waals surface area contributed by atoms with Crippen LogP contribution in [0.2, 0.25) is 0 Å². The quantitative estimate of drug-likeness (QED) is 0.878. The second-order valence-electron chi connectivity index (χ2n) is 4.99. The minimum absolute atomic E-state index is 0.00256. The Bertz CT molecular complexity index is 731. The van der Waals surface area contributed by atoms with Crippen molar-refractivity contribution in [1.29, 1.82) is 0 Å². The zero-order chi connectivity index (χ0) is 17.2. The van der Waals surface area contributed by atoms with Gasteiger partial charge in [-0.2, -0.15) is 13.2 Å². The third kappa shape index (κ3) is 3.99. The van der Waals surface area contributed by atoms with Crippen molar-refractivity contribution in [1.82, 2.24) is 15.0 Å². The van der Waals surface area contributed by atoms with Crippen molar-refractivity contribution in [3.05, 3.63) is 36.2 Å². The van der Waals surface area contributed by atoms with Crippen LogP contribution in [0.15, 0.2) is 24.7 Å². The molecule has 2 heterocycles. The van der Waals surface area contributed by atoms with Crippen LogP contribution in [0.1, 0.15) is 19.5 Å². The van der Waals surface area contributed by atoms with E-state index in [1.54, 1.807) is 0 Å². The molecule has 9 heteroatoms. The van der Waals surface area contributed by atoms with Crippen LogP contribution in [0.3, 0.4) is 0 Å². The number of carbonyl (C=O) groups is 1. The molecule has 0 aliphatic carbocycles. The molecule has 0 fully saturated rings. The lowest BCUT2D eigenvalue weighted by Gasteiger charge is -2.14. The number of hydrogen-bond donors (Lipinski definition) is 1. The Morgan fingerprint density at radius 2 is 1.91 bits per heavy atom. The van der Waals surface area contributed by atoms with Crippen LogP contribution in [0, 0.1) is 11.7 Å². The first kappa shape index (κ1) is 16.8. The predicted molar refractivity (Wildman–Crippen MR) is 73.7 cm³/mol. The van der Waals surface area contributed by atoms with Gasteiger partial charge in [-0.1, -0.05) is 13.8 Å². The van der Waals surface area contributed by atoms with E-state index in [1.165, 1.54) is 13.8 Å². The lowest BCUT2D eigenvalue weighted by molar-refractivity contribution is -0.140. The molecule has 1 N–H and O–H groups in total. The fraction of sp³-hybridized carbons (Fsp3) is 0.286. The minimum Gasteiger partial charge on any atom is -0.323 e. The zero-order valence-corrected chi connectivity index (χ0v) is 12.1. The van der Waals surface area contributed by atoms with Crippen LogP contribution in [0.25, 0.3) is 11.4 Å². The van der Waals surface area contributed by atoms with Crippen LogP contribution < -0.4 is 5.32 Å². The number of rotatable bonds is 3. The highest BCUT2D eigenvalue weighted by Gasteiger charge is 2.37. The maximum absolute atomic E-state index is 13.1. The highest BCUT2D eigenvalue weighted by atomic mass is 19.4. The number of aromatic nitrogens is 3. The largest absolute Gasteiger partial charge is 0.435 e. The molecular formula is C14H12F4N4O. The summed E-state index contributed by atoms with van der Waals surface area (Å²) in [6.07, 6.45) is -1.91. The third-order valence-electron chi connectivity index (χ3n) is 2.80. The standard InChI is InChI=1S/C14H12F4N4O/c1-7(2)13(23)21-10-6-20-12(22-11(10)14(16,17)18)8-3-9(15)5-19-4-8/h3-7H,1-2H3,(H,21,23). The molecule has 0 aromatic carbocycles. The first-order valence-corrected chi connectivity index (χ1v) is 6.54. The molecule has 0 atom stereocenters. The average Bonchev–Trinajstić information content (AvgIpc) is 2.46. The molecule has 2 aromatic heterocycles. The number of anilines is 1. The van der Waals surface area contributed by atoms with Crippen molar-refractivity contribution in [2.45, 2.75) is 20.0 Å². The molecule has 23 heavy (non-hydrogen) atoms. The summed E-state index contributed by atoms with van der Waals surface area (Å²) in [5, 5.41) is 2.13. The molecule has 2 aromatic rings. The summed E-state index contributed by atoms with van der Waals surface area (Å²) < 4.78 is 52.6. The SMILES string of the molecule is CC(C)C(=O)Nc1cnc(-c2cncc(F)c2)nc1C(F)(F)F. The molecule has 0 saturated carbocycles. The smallest absolute Gasteiger partial charge is 0.323 e. The monoisotopic (exact) mass is 328 g/mol. The second kappa shape index (κ2) is 6.27. The van der Waals surface area contributed by atoms with Gasteiger partial charge in [-0.15, -0.1) is 0 Å². The Hall–Kier alpha value is -2.58. The van der Waals surface area contributed by atoms with E-state index in [0.29, 0.717) is 0 Å². The second-order valence-corrected chi connectivity index (χ2v) is 4.99. The van der Waals surface area contributed by atoms with Crippen LogP contribution in [-0.4, -0.2) is 20.9 Å². The van der Waals surface area contributed by atoms with Gasteiger partial charge in [0.1, 0.15) is 5.82 Å². The summed E-state index contributed by atoms with van der Waals surface area (Å²) in [6.45, 7) is 3.08. The molecule has 1 amide bonds. The molecule has 122 valence electrons. The lowest BCUT2D eigenvalue weighted by atomic mass is 10.2. The molecule has 0 spiro atoms. The molecular weight excluding hydrogens is 316 g/mol.